The van der Waals surface area contributed by atoms with Gasteiger partial charge in [-0.2, -0.15) is 4.98 Å². The highest BCUT2D eigenvalue weighted by molar-refractivity contribution is 6.30. The quantitative estimate of drug-likeness (QED) is 0.780. The lowest BCUT2D eigenvalue weighted by molar-refractivity contribution is 0.153. The van der Waals surface area contributed by atoms with Crippen molar-refractivity contribution in [1.82, 2.24) is 15.3 Å². The third-order valence-corrected chi connectivity index (χ3v) is 2.79. The van der Waals surface area contributed by atoms with Crippen LogP contribution in [0.4, 0.5) is 0 Å². The van der Waals surface area contributed by atoms with Crippen molar-refractivity contribution in [1.29, 1.82) is 0 Å². The van der Waals surface area contributed by atoms with Crippen molar-refractivity contribution < 1.29 is 4.74 Å². The summed E-state index contributed by atoms with van der Waals surface area (Å²) in [6, 6.07) is 0.374. The lowest BCUT2D eigenvalue weighted by Gasteiger charge is -2.22. The topological polar surface area (TPSA) is 47.0 Å². The van der Waals surface area contributed by atoms with E-state index in [0.29, 0.717) is 11.2 Å². The summed E-state index contributed by atoms with van der Waals surface area (Å²) in [4.78, 5) is 8.16. The van der Waals surface area contributed by atoms with Crippen LogP contribution in [0.1, 0.15) is 18.4 Å². The Kier molecular flexibility index (Phi) is 3.38. The molecule has 2 rings (SSSR count). The number of nitrogens with one attached hydrogen (secondary N) is 1. The predicted molar refractivity (Wildman–Crippen MR) is 58.3 cm³/mol. The predicted octanol–water partition coefficient (Wildman–Crippen LogP) is 1.57. The van der Waals surface area contributed by atoms with Crippen LogP contribution in [0, 0.1) is 6.92 Å². The van der Waals surface area contributed by atoms with E-state index in [1.165, 1.54) is 0 Å². The first-order valence-electron chi connectivity index (χ1n) is 5.12. The Morgan fingerprint density at radius 2 is 2.47 bits per heavy atom. The van der Waals surface area contributed by atoms with E-state index in [2.05, 4.69) is 15.3 Å². The number of nitrogens with zero attached hydrogens (tertiary/aromatic N) is 2. The van der Waals surface area contributed by atoms with Gasteiger partial charge in [0.15, 0.2) is 0 Å². The molecule has 1 N–H and O–H groups in total. The first-order chi connectivity index (χ1) is 7.25. The molecule has 1 fully saturated rings. The Balaban J connectivity index is 2.00. The normalized spacial score (nSPS) is 21.3. The summed E-state index contributed by atoms with van der Waals surface area (Å²) in [6.07, 6.45) is 4.02. The number of halogens is 1. The fourth-order valence-corrected chi connectivity index (χ4v) is 1.65. The van der Waals surface area contributed by atoms with Crippen molar-refractivity contribution >= 4 is 11.6 Å². The number of rotatable bonds is 2. The van der Waals surface area contributed by atoms with E-state index in [4.69, 9.17) is 16.3 Å². The Labute approximate surface area is 94.0 Å². The number of ether oxygens (including phenoxy) is 1. The molecule has 5 heteroatoms. The fourth-order valence-electron chi connectivity index (χ4n) is 1.53. The Bertz CT molecular complexity index is 339. The minimum atomic E-state index is 0.164. The molecule has 0 saturated carbocycles. The summed E-state index contributed by atoms with van der Waals surface area (Å²) < 4.78 is 5.62. The first kappa shape index (κ1) is 10.6. The van der Waals surface area contributed by atoms with Crippen molar-refractivity contribution in [2.45, 2.75) is 25.9 Å². The monoisotopic (exact) mass is 227 g/mol. The van der Waals surface area contributed by atoms with Gasteiger partial charge in [-0.3, -0.25) is 0 Å². The Morgan fingerprint density at radius 3 is 3.13 bits per heavy atom. The molecule has 1 aromatic heterocycles. The molecule has 82 valence electrons. The molecule has 1 aromatic rings. The van der Waals surface area contributed by atoms with Gasteiger partial charge in [0.2, 0.25) is 0 Å². The van der Waals surface area contributed by atoms with E-state index < -0.39 is 0 Å². The summed E-state index contributed by atoms with van der Waals surface area (Å²) in [5.74, 6) is 0. The van der Waals surface area contributed by atoms with Gasteiger partial charge < -0.3 is 10.1 Å². The molecule has 1 aliphatic heterocycles. The number of aryl methyl sites for hydroxylation is 1. The maximum absolute atomic E-state index is 5.88. The molecule has 15 heavy (non-hydrogen) atoms. The first-order valence-corrected chi connectivity index (χ1v) is 5.50. The van der Waals surface area contributed by atoms with Gasteiger partial charge in [0.05, 0.1) is 0 Å². The van der Waals surface area contributed by atoms with Crippen LogP contribution in [0.15, 0.2) is 6.20 Å². The summed E-state index contributed by atoms with van der Waals surface area (Å²) in [5, 5.41) is 3.73. The summed E-state index contributed by atoms with van der Waals surface area (Å²) >= 11 is 5.88. The maximum Gasteiger partial charge on any atom is 0.318 e. The van der Waals surface area contributed by atoms with Crippen LogP contribution in [-0.2, 0) is 0 Å². The largest absolute Gasteiger partial charge is 0.459 e. The molecule has 1 aliphatic rings. The standard InChI is InChI=1S/C10H14ClN3O/c1-7-5-13-10(14-9(7)11)15-8-3-2-4-12-6-8/h5,8,12H,2-4,6H2,1H3/t8-/m1/s1. The zero-order valence-corrected chi connectivity index (χ0v) is 9.42. The lowest BCUT2D eigenvalue weighted by Crippen LogP contribution is -2.37. The second kappa shape index (κ2) is 4.77. The molecule has 0 aliphatic carbocycles. The van der Waals surface area contributed by atoms with E-state index in [9.17, 15) is 0 Å². The zero-order chi connectivity index (χ0) is 10.7. The SMILES string of the molecule is Cc1cnc(O[C@@H]2CCCNC2)nc1Cl. The van der Waals surface area contributed by atoms with E-state index in [1.54, 1.807) is 6.20 Å². The van der Waals surface area contributed by atoms with Gasteiger partial charge in [0, 0.05) is 18.3 Å². The second-order valence-corrected chi connectivity index (χ2v) is 4.07. The third-order valence-electron chi connectivity index (χ3n) is 2.41. The minimum Gasteiger partial charge on any atom is -0.459 e. The van der Waals surface area contributed by atoms with Crippen molar-refractivity contribution in [3.8, 4) is 6.01 Å². The van der Waals surface area contributed by atoms with E-state index in [1.807, 2.05) is 6.92 Å². The Hall–Kier alpha value is -0.870. The van der Waals surface area contributed by atoms with Gasteiger partial charge in [-0.15, -0.1) is 0 Å². The van der Waals surface area contributed by atoms with Gasteiger partial charge in [-0.1, -0.05) is 11.6 Å². The molecule has 1 atom stereocenters. The van der Waals surface area contributed by atoms with E-state index in [-0.39, 0.29) is 6.10 Å². The molecule has 0 radical (unpaired) electrons. The smallest absolute Gasteiger partial charge is 0.318 e. The van der Waals surface area contributed by atoms with Gasteiger partial charge in [0.25, 0.3) is 0 Å². The number of hydrogen-bond acceptors (Lipinski definition) is 4. The summed E-state index contributed by atoms with van der Waals surface area (Å²) in [6.45, 7) is 3.79. The highest BCUT2D eigenvalue weighted by atomic mass is 35.5. The van der Waals surface area contributed by atoms with Gasteiger partial charge in [-0.25, -0.2) is 4.98 Å². The third kappa shape index (κ3) is 2.79. The average Bonchev–Trinajstić information content (AvgIpc) is 2.25. The Morgan fingerprint density at radius 1 is 1.60 bits per heavy atom. The van der Waals surface area contributed by atoms with Crippen LogP contribution in [-0.4, -0.2) is 29.2 Å². The fraction of sp³-hybridized carbons (Fsp3) is 0.600. The minimum absolute atomic E-state index is 0.164. The summed E-state index contributed by atoms with van der Waals surface area (Å²) in [7, 11) is 0. The van der Waals surface area contributed by atoms with Gasteiger partial charge in [-0.05, 0) is 26.3 Å². The van der Waals surface area contributed by atoms with E-state index in [0.717, 1.165) is 31.5 Å². The van der Waals surface area contributed by atoms with Crippen molar-refractivity contribution in [2.75, 3.05) is 13.1 Å². The number of hydrogen-bond donors (Lipinski definition) is 1. The summed E-state index contributed by atoms with van der Waals surface area (Å²) in [5.41, 5.74) is 0.866. The van der Waals surface area contributed by atoms with Crippen LogP contribution >= 0.6 is 11.6 Å². The number of aromatic nitrogens is 2. The molecule has 0 amide bonds. The van der Waals surface area contributed by atoms with Crippen molar-refractivity contribution in [3.05, 3.63) is 16.9 Å². The van der Waals surface area contributed by atoms with Gasteiger partial charge >= 0.3 is 6.01 Å². The average molecular weight is 228 g/mol. The van der Waals surface area contributed by atoms with Crippen LogP contribution in [0.2, 0.25) is 5.15 Å². The molecule has 4 nitrogen and oxygen atoms in total. The van der Waals surface area contributed by atoms with Crippen LogP contribution in [0.5, 0.6) is 6.01 Å². The van der Waals surface area contributed by atoms with E-state index >= 15 is 0 Å². The highest BCUT2D eigenvalue weighted by Crippen LogP contribution is 2.16. The lowest BCUT2D eigenvalue weighted by atomic mass is 10.1. The van der Waals surface area contributed by atoms with Crippen molar-refractivity contribution in [3.63, 3.8) is 0 Å². The van der Waals surface area contributed by atoms with Crippen molar-refractivity contribution in [2.24, 2.45) is 0 Å². The number of piperidine rings is 1. The molecule has 0 bridgehead atoms. The molecule has 2 heterocycles. The highest BCUT2D eigenvalue weighted by Gasteiger charge is 2.15. The van der Waals surface area contributed by atoms with Gasteiger partial charge in [0.1, 0.15) is 11.3 Å². The maximum atomic E-state index is 5.88. The van der Waals surface area contributed by atoms with Crippen LogP contribution in [0.3, 0.4) is 0 Å². The molecule has 0 aromatic carbocycles. The van der Waals surface area contributed by atoms with Crippen LogP contribution in [0.25, 0.3) is 0 Å². The van der Waals surface area contributed by atoms with Crippen LogP contribution < -0.4 is 10.1 Å². The molecular formula is C10H14ClN3O. The molecule has 0 unspecified atom stereocenters. The molecular weight excluding hydrogens is 214 g/mol. The second-order valence-electron chi connectivity index (χ2n) is 3.71. The molecule has 1 saturated heterocycles. The zero-order valence-electron chi connectivity index (χ0n) is 8.66. The molecule has 0 spiro atoms.